The molecule has 0 atom stereocenters. The lowest BCUT2D eigenvalue weighted by atomic mass is 10.3. The van der Waals surface area contributed by atoms with Crippen molar-refractivity contribution in [2.24, 2.45) is 20.0 Å². The third-order valence-corrected chi connectivity index (χ3v) is 2.57. The number of aliphatic imine (C=N–C) groups is 4. The van der Waals surface area contributed by atoms with E-state index < -0.39 is 0 Å². The third kappa shape index (κ3) is 0.941. The monoisotopic (exact) mass is 249 g/mol. The summed E-state index contributed by atoms with van der Waals surface area (Å²) in [5, 5.41) is 0. The number of amidine groups is 1. The van der Waals surface area contributed by atoms with Crippen molar-refractivity contribution < 1.29 is 0 Å². The lowest BCUT2D eigenvalue weighted by Crippen LogP contribution is -2.40. The predicted molar refractivity (Wildman–Crippen MR) is 58.8 cm³/mol. The van der Waals surface area contributed by atoms with Gasteiger partial charge < -0.3 is 0 Å². The molecule has 0 aromatic heterocycles. The van der Waals surface area contributed by atoms with E-state index in [2.05, 4.69) is 35.9 Å². The number of nitrogens with zero attached hydrogens (tertiary/aromatic N) is 5. The van der Waals surface area contributed by atoms with Crippen LogP contribution < -0.4 is 0 Å². The van der Waals surface area contributed by atoms with Crippen LogP contribution in [-0.4, -0.2) is 29.4 Å². The first-order valence-corrected chi connectivity index (χ1v) is 4.74. The van der Waals surface area contributed by atoms with Crippen molar-refractivity contribution in [3.05, 3.63) is 22.5 Å². The first-order valence-electron chi connectivity index (χ1n) is 3.95. The Balaban J connectivity index is 2.24. The van der Waals surface area contributed by atoms with Crippen LogP contribution >= 0.6 is 15.9 Å². The fourth-order valence-corrected chi connectivity index (χ4v) is 1.76. The lowest BCUT2D eigenvalue weighted by molar-refractivity contribution is 0.714. The van der Waals surface area contributed by atoms with Crippen LogP contribution in [-0.2, 0) is 0 Å². The van der Waals surface area contributed by atoms with Crippen LogP contribution in [0.5, 0.6) is 0 Å². The number of allylic oxidation sites excluding steroid dienone is 2. The van der Waals surface area contributed by atoms with E-state index >= 15 is 0 Å². The molecule has 0 aromatic carbocycles. The largest absolute Gasteiger partial charge is 0.245 e. The summed E-state index contributed by atoms with van der Waals surface area (Å²) in [6.45, 7) is 0. The van der Waals surface area contributed by atoms with Gasteiger partial charge >= 0.3 is 0 Å². The molecule has 5 nitrogen and oxygen atoms in total. The molecule has 0 radical (unpaired) electrons. The summed E-state index contributed by atoms with van der Waals surface area (Å²) in [4.78, 5) is 18.2. The van der Waals surface area contributed by atoms with E-state index in [1.165, 1.54) is 12.7 Å². The summed E-state index contributed by atoms with van der Waals surface area (Å²) in [6, 6.07) is 0. The van der Waals surface area contributed by atoms with Gasteiger partial charge in [0.15, 0.2) is 5.84 Å². The SMILES string of the molecule is BrC1=CC=C2N=CN=C3N=CN=C1N23. The molecule has 0 N–H and O–H groups in total. The van der Waals surface area contributed by atoms with Gasteiger partial charge in [-0.1, -0.05) is 0 Å². The van der Waals surface area contributed by atoms with Crippen molar-refractivity contribution in [2.75, 3.05) is 0 Å². The topological polar surface area (TPSA) is 52.7 Å². The predicted octanol–water partition coefficient (Wildman–Crippen LogP) is 1.26. The van der Waals surface area contributed by atoms with Gasteiger partial charge in [0.05, 0.1) is 4.48 Å². The minimum Gasteiger partial charge on any atom is -0.245 e. The van der Waals surface area contributed by atoms with Gasteiger partial charge in [-0.15, -0.1) is 0 Å². The summed E-state index contributed by atoms with van der Waals surface area (Å²) >= 11 is 3.41. The maximum Gasteiger partial charge on any atom is 0.240 e. The Morgan fingerprint density at radius 3 is 2.86 bits per heavy atom. The summed E-state index contributed by atoms with van der Waals surface area (Å²) < 4.78 is 0.900. The summed E-state index contributed by atoms with van der Waals surface area (Å²) in [5.74, 6) is 2.16. The van der Waals surface area contributed by atoms with Crippen molar-refractivity contribution >= 4 is 40.4 Å². The second kappa shape index (κ2) is 2.71. The van der Waals surface area contributed by atoms with E-state index in [0.717, 1.165) is 16.1 Å². The Morgan fingerprint density at radius 2 is 1.93 bits per heavy atom. The van der Waals surface area contributed by atoms with E-state index in [1.54, 1.807) is 4.90 Å². The molecular formula is C8H4BrN5. The fraction of sp³-hybridized carbons (Fsp3) is 0. The van der Waals surface area contributed by atoms with Crippen LogP contribution in [0.2, 0.25) is 0 Å². The molecule has 0 aromatic rings. The zero-order valence-corrected chi connectivity index (χ0v) is 8.51. The summed E-state index contributed by atoms with van der Waals surface area (Å²) in [5.41, 5.74) is 0. The lowest BCUT2D eigenvalue weighted by Gasteiger charge is -2.29. The second-order valence-corrected chi connectivity index (χ2v) is 3.60. The van der Waals surface area contributed by atoms with Gasteiger partial charge in [0.1, 0.15) is 18.5 Å². The van der Waals surface area contributed by atoms with Crippen molar-refractivity contribution in [1.29, 1.82) is 0 Å². The number of guanidine groups is 1. The molecule has 3 rings (SSSR count). The molecule has 0 saturated heterocycles. The first kappa shape index (κ1) is 7.81. The zero-order valence-electron chi connectivity index (χ0n) is 6.92. The Bertz CT molecular complexity index is 480. The van der Waals surface area contributed by atoms with Crippen LogP contribution in [0, 0.1) is 0 Å². The molecule has 3 aliphatic heterocycles. The molecule has 0 fully saturated rings. The van der Waals surface area contributed by atoms with E-state index in [-0.39, 0.29) is 0 Å². The van der Waals surface area contributed by atoms with Gasteiger partial charge in [-0.05, 0) is 28.1 Å². The highest BCUT2D eigenvalue weighted by Crippen LogP contribution is 2.25. The van der Waals surface area contributed by atoms with Crippen LogP contribution in [0.4, 0.5) is 0 Å². The quantitative estimate of drug-likeness (QED) is 0.638. The molecule has 0 bridgehead atoms. The molecule has 0 amide bonds. The van der Waals surface area contributed by atoms with Crippen LogP contribution in [0.15, 0.2) is 42.4 Å². The minimum absolute atomic E-state index is 0.598. The molecular weight excluding hydrogens is 246 g/mol. The average molecular weight is 250 g/mol. The van der Waals surface area contributed by atoms with E-state index in [4.69, 9.17) is 0 Å². The van der Waals surface area contributed by atoms with Gasteiger partial charge in [0, 0.05) is 0 Å². The Morgan fingerprint density at radius 1 is 1.07 bits per heavy atom. The molecule has 0 saturated carbocycles. The highest BCUT2D eigenvalue weighted by atomic mass is 79.9. The smallest absolute Gasteiger partial charge is 0.240 e. The van der Waals surface area contributed by atoms with Crippen molar-refractivity contribution in [3.8, 4) is 0 Å². The zero-order chi connectivity index (χ0) is 9.54. The summed E-state index contributed by atoms with van der Waals surface area (Å²) in [7, 11) is 0. The highest BCUT2D eigenvalue weighted by Gasteiger charge is 2.29. The van der Waals surface area contributed by atoms with Gasteiger partial charge in [-0.3, -0.25) is 0 Å². The van der Waals surface area contributed by atoms with Crippen LogP contribution in [0.1, 0.15) is 0 Å². The van der Waals surface area contributed by atoms with Crippen molar-refractivity contribution in [1.82, 2.24) is 4.90 Å². The third-order valence-electron chi connectivity index (χ3n) is 1.95. The molecule has 3 aliphatic rings. The normalized spacial score (nSPS) is 22.2. The van der Waals surface area contributed by atoms with E-state index in [0.29, 0.717) is 5.96 Å². The second-order valence-electron chi connectivity index (χ2n) is 2.75. The standard InChI is InChI=1S/C8H4BrN5/c9-5-1-2-6-10-3-12-8-13-4-11-7(5)14(6)8/h1-4H. The van der Waals surface area contributed by atoms with Gasteiger partial charge in [-0.2, -0.15) is 0 Å². The fourth-order valence-electron chi connectivity index (χ4n) is 1.35. The number of rotatable bonds is 0. The minimum atomic E-state index is 0.598. The van der Waals surface area contributed by atoms with Crippen molar-refractivity contribution in [3.63, 3.8) is 0 Å². The van der Waals surface area contributed by atoms with Gasteiger partial charge in [0.25, 0.3) is 0 Å². The van der Waals surface area contributed by atoms with Crippen LogP contribution in [0.25, 0.3) is 0 Å². The number of halogens is 1. The molecule has 68 valence electrons. The number of hydrogen-bond acceptors (Lipinski definition) is 5. The van der Waals surface area contributed by atoms with Gasteiger partial charge in [0.2, 0.25) is 5.96 Å². The average Bonchev–Trinajstić information content (AvgIpc) is 2.24. The van der Waals surface area contributed by atoms with Gasteiger partial charge in [-0.25, -0.2) is 24.9 Å². The maximum atomic E-state index is 4.16. The molecule has 14 heavy (non-hydrogen) atoms. The highest BCUT2D eigenvalue weighted by molar-refractivity contribution is 9.12. The molecule has 0 unspecified atom stereocenters. The first-order chi connectivity index (χ1) is 6.86. The number of hydrogen-bond donors (Lipinski definition) is 0. The van der Waals surface area contributed by atoms with E-state index in [1.807, 2.05) is 12.2 Å². The van der Waals surface area contributed by atoms with Crippen LogP contribution in [0.3, 0.4) is 0 Å². The van der Waals surface area contributed by atoms with Crippen molar-refractivity contribution in [2.45, 2.75) is 0 Å². The maximum absolute atomic E-state index is 4.16. The Labute approximate surface area is 88.1 Å². The molecule has 0 aliphatic carbocycles. The Hall–Kier alpha value is -1.56. The van der Waals surface area contributed by atoms with E-state index in [9.17, 15) is 0 Å². The molecule has 6 heteroatoms. The Kier molecular flexibility index (Phi) is 1.51. The summed E-state index contributed by atoms with van der Waals surface area (Å²) in [6.07, 6.45) is 6.77. The molecule has 3 heterocycles. The molecule has 0 spiro atoms.